The number of anilines is 1. The number of carbonyl (C=O) groups excluding carboxylic acids is 2. The van der Waals surface area contributed by atoms with Crippen LogP contribution in [0.1, 0.15) is 45.6 Å². The molecule has 0 aliphatic rings. The smallest absolute Gasteiger partial charge is 0.242 e. The average molecular weight is 577 g/mol. The minimum absolute atomic E-state index is 0.0366. The molecular formula is C25H32Cl3N3O4S. The van der Waals surface area contributed by atoms with E-state index in [1.54, 1.807) is 49.4 Å². The molecule has 7 nitrogen and oxygen atoms in total. The Bertz CT molecular complexity index is 1180. The lowest BCUT2D eigenvalue weighted by Gasteiger charge is -2.30. The van der Waals surface area contributed by atoms with E-state index in [0.717, 1.165) is 18.2 Å². The number of hydrogen-bond donors (Lipinski definition) is 1. The molecule has 0 radical (unpaired) electrons. The van der Waals surface area contributed by atoms with Gasteiger partial charge in [0.05, 0.1) is 22.0 Å². The van der Waals surface area contributed by atoms with Gasteiger partial charge in [-0.25, -0.2) is 8.42 Å². The number of carbonyl (C=O) groups is 2. The molecule has 2 atom stereocenters. The largest absolute Gasteiger partial charge is 0.352 e. The second kappa shape index (κ2) is 13.5. The van der Waals surface area contributed by atoms with Crippen molar-refractivity contribution >= 4 is 62.3 Å². The van der Waals surface area contributed by atoms with E-state index in [2.05, 4.69) is 5.32 Å². The Morgan fingerprint density at radius 1 is 1.03 bits per heavy atom. The van der Waals surface area contributed by atoms with Gasteiger partial charge in [-0.2, -0.15) is 0 Å². The highest BCUT2D eigenvalue weighted by molar-refractivity contribution is 7.92. The Balaban J connectivity index is 2.20. The molecule has 0 heterocycles. The van der Waals surface area contributed by atoms with E-state index >= 15 is 0 Å². The second-order valence-corrected chi connectivity index (χ2v) is 11.8. The number of nitrogens with zero attached hydrogens (tertiary/aromatic N) is 2. The van der Waals surface area contributed by atoms with Crippen LogP contribution in [0.15, 0.2) is 42.5 Å². The predicted octanol–water partition coefficient (Wildman–Crippen LogP) is 5.53. The standard InChI is InChI=1S/C25H32Cl3N3O4S/c1-5-17(2)29-25(33)18(3)30(16-19-11-12-22(27)23(28)14-19)24(32)10-7-13-31(36(4,34)35)21-9-6-8-20(26)15-21/h6,8-9,11-12,14-15,17-18H,5,7,10,13,16H2,1-4H3,(H,29,33)/t17-,18-/m1/s1. The third-order valence-corrected chi connectivity index (χ3v) is 7.92. The highest BCUT2D eigenvalue weighted by Crippen LogP contribution is 2.25. The van der Waals surface area contributed by atoms with Gasteiger partial charge in [0.2, 0.25) is 21.8 Å². The van der Waals surface area contributed by atoms with Crippen LogP contribution in [0.5, 0.6) is 0 Å². The van der Waals surface area contributed by atoms with Gasteiger partial charge < -0.3 is 10.2 Å². The first-order valence-electron chi connectivity index (χ1n) is 11.6. The Morgan fingerprint density at radius 2 is 1.72 bits per heavy atom. The van der Waals surface area contributed by atoms with Crippen molar-refractivity contribution in [1.29, 1.82) is 0 Å². The van der Waals surface area contributed by atoms with E-state index in [9.17, 15) is 18.0 Å². The van der Waals surface area contributed by atoms with Crippen molar-refractivity contribution in [3.8, 4) is 0 Å². The van der Waals surface area contributed by atoms with Crippen molar-refractivity contribution in [1.82, 2.24) is 10.2 Å². The van der Waals surface area contributed by atoms with Crippen LogP contribution in [0.3, 0.4) is 0 Å². The lowest BCUT2D eigenvalue weighted by Crippen LogP contribution is -2.49. The number of halogens is 3. The first kappa shape index (κ1) is 30.2. The maximum absolute atomic E-state index is 13.3. The maximum Gasteiger partial charge on any atom is 0.242 e. The van der Waals surface area contributed by atoms with Gasteiger partial charge in [0.1, 0.15) is 6.04 Å². The van der Waals surface area contributed by atoms with Gasteiger partial charge in [0.15, 0.2) is 0 Å². The summed E-state index contributed by atoms with van der Waals surface area (Å²) >= 11 is 18.2. The zero-order valence-corrected chi connectivity index (χ0v) is 23.9. The van der Waals surface area contributed by atoms with Gasteiger partial charge in [-0.05, 0) is 62.6 Å². The number of hydrogen-bond acceptors (Lipinski definition) is 4. The van der Waals surface area contributed by atoms with Crippen LogP contribution in [-0.2, 0) is 26.2 Å². The summed E-state index contributed by atoms with van der Waals surface area (Å²) in [6.07, 6.45) is 2.14. The molecule has 2 rings (SSSR count). The van der Waals surface area contributed by atoms with Crippen LogP contribution in [0.25, 0.3) is 0 Å². The lowest BCUT2D eigenvalue weighted by atomic mass is 10.1. The molecule has 1 N–H and O–H groups in total. The first-order chi connectivity index (χ1) is 16.8. The summed E-state index contributed by atoms with van der Waals surface area (Å²) in [4.78, 5) is 27.6. The topological polar surface area (TPSA) is 86.8 Å². The van der Waals surface area contributed by atoms with E-state index < -0.39 is 16.1 Å². The Kier molecular flexibility index (Phi) is 11.3. The monoisotopic (exact) mass is 575 g/mol. The number of amides is 2. The molecule has 0 fully saturated rings. The zero-order chi connectivity index (χ0) is 27.0. The van der Waals surface area contributed by atoms with E-state index in [-0.39, 0.29) is 43.8 Å². The quantitative estimate of drug-likeness (QED) is 0.360. The van der Waals surface area contributed by atoms with E-state index in [1.807, 2.05) is 13.8 Å². The summed E-state index contributed by atoms with van der Waals surface area (Å²) in [7, 11) is -3.60. The van der Waals surface area contributed by atoms with Gasteiger partial charge in [0, 0.05) is 30.6 Å². The Hall–Kier alpha value is -2.00. The third-order valence-electron chi connectivity index (χ3n) is 5.75. The van der Waals surface area contributed by atoms with Crippen LogP contribution in [0, 0.1) is 0 Å². The normalized spacial score (nSPS) is 13.1. The highest BCUT2D eigenvalue weighted by Gasteiger charge is 2.27. The van der Waals surface area contributed by atoms with Crippen molar-refractivity contribution < 1.29 is 18.0 Å². The number of nitrogens with one attached hydrogen (secondary N) is 1. The van der Waals surface area contributed by atoms with E-state index in [0.29, 0.717) is 20.8 Å². The maximum atomic E-state index is 13.3. The molecule has 0 aliphatic carbocycles. The fraction of sp³-hybridized carbons (Fsp3) is 0.440. The minimum Gasteiger partial charge on any atom is -0.352 e. The molecular weight excluding hydrogens is 545 g/mol. The molecule has 2 aromatic carbocycles. The minimum atomic E-state index is -3.60. The summed E-state index contributed by atoms with van der Waals surface area (Å²) < 4.78 is 26.0. The number of rotatable bonds is 12. The van der Waals surface area contributed by atoms with Gasteiger partial charge in [-0.15, -0.1) is 0 Å². The van der Waals surface area contributed by atoms with Crippen LogP contribution in [-0.4, -0.2) is 50.0 Å². The fourth-order valence-corrected chi connectivity index (χ4v) is 4.98. The average Bonchev–Trinajstić information content (AvgIpc) is 2.80. The lowest BCUT2D eigenvalue weighted by molar-refractivity contribution is -0.140. The third kappa shape index (κ3) is 8.83. The Morgan fingerprint density at radius 3 is 2.31 bits per heavy atom. The van der Waals surface area contributed by atoms with Gasteiger partial charge in [0.25, 0.3) is 0 Å². The van der Waals surface area contributed by atoms with E-state index in [4.69, 9.17) is 34.8 Å². The van der Waals surface area contributed by atoms with Crippen molar-refractivity contribution in [3.63, 3.8) is 0 Å². The molecule has 198 valence electrons. The summed E-state index contributed by atoms with van der Waals surface area (Å²) in [5.74, 6) is -0.554. The summed E-state index contributed by atoms with van der Waals surface area (Å²) in [6, 6.07) is 10.8. The van der Waals surface area contributed by atoms with Gasteiger partial charge in [-0.3, -0.25) is 13.9 Å². The molecule has 0 saturated heterocycles. The van der Waals surface area contributed by atoms with E-state index in [1.165, 1.54) is 9.21 Å². The van der Waals surface area contributed by atoms with Crippen LogP contribution >= 0.6 is 34.8 Å². The van der Waals surface area contributed by atoms with Crippen molar-refractivity contribution in [3.05, 3.63) is 63.1 Å². The summed E-state index contributed by atoms with van der Waals surface area (Å²) in [5.41, 5.74) is 1.14. The predicted molar refractivity (Wildman–Crippen MR) is 147 cm³/mol. The first-order valence-corrected chi connectivity index (χ1v) is 14.6. The summed E-state index contributed by atoms with van der Waals surface area (Å²) in [6.45, 7) is 5.75. The number of sulfonamides is 1. The molecule has 36 heavy (non-hydrogen) atoms. The van der Waals surface area contributed by atoms with Crippen molar-refractivity contribution in [2.45, 2.75) is 58.7 Å². The molecule has 0 aromatic heterocycles. The van der Waals surface area contributed by atoms with Crippen molar-refractivity contribution in [2.24, 2.45) is 0 Å². The van der Waals surface area contributed by atoms with Gasteiger partial charge in [-0.1, -0.05) is 53.9 Å². The molecule has 0 spiro atoms. The zero-order valence-electron chi connectivity index (χ0n) is 20.8. The Labute approximate surface area is 228 Å². The molecule has 0 bridgehead atoms. The van der Waals surface area contributed by atoms with Crippen LogP contribution < -0.4 is 9.62 Å². The molecule has 0 saturated carbocycles. The highest BCUT2D eigenvalue weighted by atomic mass is 35.5. The van der Waals surface area contributed by atoms with Crippen LogP contribution in [0.4, 0.5) is 5.69 Å². The molecule has 11 heteroatoms. The second-order valence-electron chi connectivity index (χ2n) is 8.68. The van der Waals surface area contributed by atoms with Gasteiger partial charge >= 0.3 is 0 Å². The summed E-state index contributed by atoms with van der Waals surface area (Å²) in [5, 5.41) is 4.06. The molecule has 2 amide bonds. The van der Waals surface area contributed by atoms with Crippen LogP contribution in [0.2, 0.25) is 15.1 Å². The molecule has 0 aliphatic heterocycles. The number of benzene rings is 2. The molecule has 0 unspecified atom stereocenters. The SMILES string of the molecule is CC[C@@H](C)NC(=O)[C@@H](C)N(Cc1ccc(Cl)c(Cl)c1)C(=O)CCCN(c1cccc(Cl)c1)S(C)(=O)=O. The van der Waals surface area contributed by atoms with Crippen molar-refractivity contribution in [2.75, 3.05) is 17.1 Å². The fourth-order valence-electron chi connectivity index (χ4n) is 3.52. The molecule has 2 aromatic rings.